The lowest BCUT2D eigenvalue weighted by Crippen LogP contribution is -2.49. The number of nitrogens with one attached hydrogen (secondary N) is 1. The van der Waals surface area contributed by atoms with Gasteiger partial charge in [0.2, 0.25) is 0 Å². The quantitative estimate of drug-likeness (QED) is 0.876. The molecule has 0 aromatic heterocycles. The van der Waals surface area contributed by atoms with Gasteiger partial charge in [-0.2, -0.15) is 0 Å². The van der Waals surface area contributed by atoms with Crippen molar-refractivity contribution in [2.24, 2.45) is 0 Å². The lowest BCUT2D eigenvalue weighted by Gasteiger charge is -2.36. The molecule has 0 bridgehead atoms. The normalized spacial score (nSPS) is 16.8. The van der Waals surface area contributed by atoms with Crippen LogP contribution in [0.15, 0.2) is 18.2 Å². The van der Waals surface area contributed by atoms with Gasteiger partial charge < -0.3 is 14.8 Å². The first-order valence-corrected chi connectivity index (χ1v) is 5.83. The zero-order valence-corrected chi connectivity index (χ0v) is 10.4. The van der Waals surface area contributed by atoms with Gasteiger partial charge in [-0.25, -0.2) is 0 Å². The smallest absolute Gasteiger partial charge is 0.268 e. The highest BCUT2D eigenvalue weighted by atomic mass is 16.5. The molecule has 4 heteroatoms. The minimum Gasteiger partial charge on any atom is -0.497 e. The Balaban J connectivity index is 2.39. The zero-order valence-electron chi connectivity index (χ0n) is 10.4. The number of ether oxygens (including phenoxy) is 2. The number of carbonyl (C=O) groups is 1. The first-order valence-electron chi connectivity index (χ1n) is 5.83. The molecule has 2 rings (SSSR count). The van der Waals surface area contributed by atoms with E-state index in [1.165, 1.54) is 0 Å². The molecule has 1 aliphatic rings. The molecular formula is C13H17NO3. The molecule has 0 spiro atoms. The summed E-state index contributed by atoms with van der Waals surface area (Å²) in [6.07, 6.45) is 1.31. The SMILES string of the molecule is CCC1(CC)Oc2ccc(OC)cc2NC1=O. The fourth-order valence-electron chi connectivity index (χ4n) is 2.03. The maximum atomic E-state index is 12.1. The second-order valence-corrected chi connectivity index (χ2v) is 4.12. The third-order valence-corrected chi connectivity index (χ3v) is 3.30. The van der Waals surface area contributed by atoms with Gasteiger partial charge in [0, 0.05) is 6.07 Å². The van der Waals surface area contributed by atoms with E-state index in [1.807, 2.05) is 26.0 Å². The summed E-state index contributed by atoms with van der Waals surface area (Å²) in [6, 6.07) is 5.42. The van der Waals surface area contributed by atoms with Crippen LogP contribution in [0.5, 0.6) is 11.5 Å². The summed E-state index contributed by atoms with van der Waals surface area (Å²) in [6.45, 7) is 3.91. The van der Waals surface area contributed by atoms with Crippen LogP contribution in [-0.4, -0.2) is 18.6 Å². The monoisotopic (exact) mass is 235 g/mol. The number of amides is 1. The molecule has 17 heavy (non-hydrogen) atoms. The lowest BCUT2D eigenvalue weighted by atomic mass is 9.94. The molecule has 92 valence electrons. The first kappa shape index (κ1) is 11.8. The minimum absolute atomic E-state index is 0.0803. The number of anilines is 1. The molecule has 1 aromatic rings. The third-order valence-electron chi connectivity index (χ3n) is 3.30. The zero-order chi connectivity index (χ0) is 12.5. The Labute approximate surface area is 101 Å². The van der Waals surface area contributed by atoms with Crippen LogP contribution >= 0.6 is 0 Å². The standard InChI is InChI=1S/C13H17NO3/c1-4-13(5-2)12(15)14-10-8-9(16-3)6-7-11(10)17-13/h6-8H,4-5H2,1-3H3,(H,14,15). The van der Waals surface area contributed by atoms with Crippen molar-refractivity contribution in [1.29, 1.82) is 0 Å². The molecule has 1 amide bonds. The van der Waals surface area contributed by atoms with Gasteiger partial charge in [0.05, 0.1) is 12.8 Å². The van der Waals surface area contributed by atoms with E-state index in [4.69, 9.17) is 9.47 Å². The van der Waals surface area contributed by atoms with Crippen molar-refractivity contribution in [2.45, 2.75) is 32.3 Å². The average Bonchev–Trinajstić information content (AvgIpc) is 2.37. The highest BCUT2D eigenvalue weighted by molar-refractivity contribution is 6.00. The molecule has 0 atom stereocenters. The fraction of sp³-hybridized carbons (Fsp3) is 0.462. The second kappa shape index (κ2) is 4.28. The summed E-state index contributed by atoms with van der Waals surface area (Å²) in [4.78, 5) is 12.1. The van der Waals surface area contributed by atoms with Gasteiger partial charge in [0.15, 0.2) is 5.60 Å². The van der Waals surface area contributed by atoms with Crippen molar-refractivity contribution in [3.05, 3.63) is 18.2 Å². The van der Waals surface area contributed by atoms with Crippen LogP contribution in [0.2, 0.25) is 0 Å². The van der Waals surface area contributed by atoms with Crippen LogP contribution < -0.4 is 14.8 Å². The number of fused-ring (bicyclic) bond motifs is 1. The number of methoxy groups -OCH3 is 1. The topological polar surface area (TPSA) is 47.6 Å². The van der Waals surface area contributed by atoms with Crippen LogP contribution in [0.4, 0.5) is 5.69 Å². The van der Waals surface area contributed by atoms with E-state index in [2.05, 4.69) is 5.32 Å². The maximum Gasteiger partial charge on any atom is 0.268 e. The van der Waals surface area contributed by atoms with Crippen molar-refractivity contribution >= 4 is 11.6 Å². The third kappa shape index (κ3) is 1.84. The Kier molecular flexibility index (Phi) is 2.96. The van der Waals surface area contributed by atoms with Crippen molar-refractivity contribution in [2.75, 3.05) is 12.4 Å². The molecule has 0 saturated heterocycles. The summed E-state index contributed by atoms with van der Waals surface area (Å²) in [7, 11) is 1.59. The summed E-state index contributed by atoms with van der Waals surface area (Å²) in [5.41, 5.74) is -0.0615. The van der Waals surface area contributed by atoms with Crippen molar-refractivity contribution < 1.29 is 14.3 Å². The van der Waals surface area contributed by atoms with E-state index in [1.54, 1.807) is 13.2 Å². The molecule has 0 fully saturated rings. The fourth-order valence-corrected chi connectivity index (χ4v) is 2.03. The van der Waals surface area contributed by atoms with Crippen LogP contribution in [-0.2, 0) is 4.79 Å². The van der Waals surface area contributed by atoms with Gasteiger partial charge in [0.25, 0.3) is 5.91 Å². The summed E-state index contributed by atoms with van der Waals surface area (Å²) < 4.78 is 11.0. The number of hydrogen-bond donors (Lipinski definition) is 1. The van der Waals surface area contributed by atoms with Crippen LogP contribution in [0.25, 0.3) is 0 Å². The Hall–Kier alpha value is -1.71. The highest BCUT2D eigenvalue weighted by Gasteiger charge is 2.41. The predicted octanol–water partition coefficient (Wildman–Crippen LogP) is 2.58. The molecule has 0 radical (unpaired) electrons. The van der Waals surface area contributed by atoms with Gasteiger partial charge in [-0.3, -0.25) is 4.79 Å². The lowest BCUT2D eigenvalue weighted by molar-refractivity contribution is -0.133. The molecule has 1 heterocycles. The van der Waals surface area contributed by atoms with Crippen molar-refractivity contribution in [1.82, 2.24) is 0 Å². The predicted molar refractivity (Wildman–Crippen MR) is 65.6 cm³/mol. The Bertz CT molecular complexity index is 438. The Morgan fingerprint density at radius 1 is 1.35 bits per heavy atom. The Morgan fingerprint density at radius 2 is 2.06 bits per heavy atom. The molecule has 4 nitrogen and oxygen atoms in total. The first-order chi connectivity index (χ1) is 8.15. The summed E-state index contributed by atoms with van der Waals surface area (Å²) in [5, 5.41) is 2.88. The van der Waals surface area contributed by atoms with Crippen LogP contribution in [0, 0.1) is 0 Å². The number of rotatable bonds is 3. The van der Waals surface area contributed by atoms with E-state index < -0.39 is 5.60 Å². The van der Waals surface area contributed by atoms with E-state index in [-0.39, 0.29) is 5.91 Å². The maximum absolute atomic E-state index is 12.1. The summed E-state index contributed by atoms with van der Waals surface area (Å²) in [5.74, 6) is 1.32. The van der Waals surface area contributed by atoms with Crippen molar-refractivity contribution in [3.63, 3.8) is 0 Å². The molecule has 0 unspecified atom stereocenters. The molecule has 1 aliphatic heterocycles. The number of hydrogen-bond acceptors (Lipinski definition) is 3. The largest absolute Gasteiger partial charge is 0.497 e. The molecule has 0 aliphatic carbocycles. The van der Waals surface area contributed by atoms with Gasteiger partial charge in [-0.05, 0) is 25.0 Å². The van der Waals surface area contributed by atoms with E-state index in [0.717, 1.165) is 0 Å². The molecule has 0 saturated carbocycles. The summed E-state index contributed by atoms with van der Waals surface area (Å²) >= 11 is 0. The number of benzene rings is 1. The van der Waals surface area contributed by atoms with Gasteiger partial charge in [0.1, 0.15) is 11.5 Å². The molecule has 1 aromatic carbocycles. The van der Waals surface area contributed by atoms with Gasteiger partial charge in [-0.15, -0.1) is 0 Å². The van der Waals surface area contributed by atoms with E-state index in [9.17, 15) is 4.79 Å². The average molecular weight is 235 g/mol. The van der Waals surface area contributed by atoms with E-state index >= 15 is 0 Å². The van der Waals surface area contributed by atoms with Crippen LogP contribution in [0.3, 0.4) is 0 Å². The van der Waals surface area contributed by atoms with Gasteiger partial charge >= 0.3 is 0 Å². The minimum atomic E-state index is -0.735. The Morgan fingerprint density at radius 3 is 2.65 bits per heavy atom. The van der Waals surface area contributed by atoms with E-state index in [0.29, 0.717) is 30.0 Å². The second-order valence-electron chi connectivity index (χ2n) is 4.12. The van der Waals surface area contributed by atoms with Crippen LogP contribution in [0.1, 0.15) is 26.7 Å². The number of carbonyl (C=O) groups excluding carboxylic acids is 1. The molecule has 1 N–H and O–H groups in total. The van der Waals surface area contributed by atoms with Crippen molar-refractivity contribution in [3.8, 4) is 11.5 Å². The molecular weight excluding hydrogens is 218 g/mol. The van der Waals surface area contributed by atoms with Gasteiger partial charge in [-0.1, -0.05) is 13.8 Å². The highest BCUT2D eigenvalue weighted by Crippen LogP contribution is 2.38.